The molecule has 1 unspecified atom stereocenters. The van der Waals surface area contributed by atoms with Gasteiger partial charge >= 0.3 is 0 Å². The summed E-state index contributed by atoms with van der Waals surface area (Å²) in [6, 6.07) is 6.29. The first-order valence-corrected chi connectivity index (χ1v) is 8.40. The molecule has 0 radical (unpaired) electrons. The van der Waals surface area contributed by atoms with Crippen molar-refractivity contribution in [3.8, 4) is 5.75 Å². The lowest BCUT2D eigenvalue weighted by Crippen LogP contribution is -2.41. The van der Waals surface area contributed by atoms with Crippen molar-refractivity contribution in [2.75, 3.05) is 6.54 Å². The van der Waals surface area contributed by atoms with Gasteiger partial charge in [0.1, 0.15) is 5.75 Å². The first kappa shape index (κ1) is 15.3. The Morgan fingerprint density at radius 2 is 1.90 bits per heavy atom. The molecule has 1 atom stereocenters. The molecule has 5 nitrogen and oxygen atoms in total. The molecule has 3 N–H and O–H groups in total. The third kappa shape index (κ3) is 3.94. The first-order valence-electron chi connectivity index (χ1n) is 6.91. The summed E-state index contributed by atoms with van der Waals surface area (Å²) in [4.78, 5) is 0.243. The lowest BCUT2D eigenvalue weighted by Gasteiger charge is -2.16. The minimum atomic E-state index is -3.51. The third-order valence-electron chi connectivity index (χ3n) is 3.26. The average Bonchev–Trinajstić information content (AvgIpc) is 3.20. The van der Waals surface area contributed by atoms with Crippen LogP contribution in [-0.4, -0.2) is 27.1 Å². The van der Waals surface area contributed by atoms with Gasteiger partial charge in [-0.1, -0.05) is 0 Å². The van der Waals surface area contributed by atoms with Crippen molar-refractivity contribution in [1.82, 2.24) is 4.72 Å². The van der Waals surface area contributed by atoms with Gasteiger partial charge in [-0.25, -0.2) is 13.1 Å². The Balaban J connectivity index is 2.08. The van der Waals surface area contributed by atoms with E-state index in [1.165, 1.54) is 0 Å². The number of nitrogens with one attached hydrogen (secondary N) is 1. The summed E-state index contributed by atoms with van der Waals surface area (Å²) in [5.74, 6) is 1.05. The normalized spacial score (nSPS) is 17.2. The summed E-state index contributed by atoms with van der Waals surface area (Å²) < 4.78 is 32.7. The van der Waals surface area contributed by atoms with Crippen LogP contribution in [0, 0.1) is 5.92 Å². The second kappa shape index (κ2) is 6.11. The summed E-state index contributed by atoms with van der Waals surface area (Å²) in [6.45, 7) is 4.18. The zero-order valence-corrected chi connectivity index (χ0v) is 12.7. The number of sulfonamides is 1. The molecule has 0 aliphatic heterocycles. The quantitative estimate of drug-likeness (QED) is 0.799. The molecule has 6 heteroatoms. The van der Waals surface area contributed by atoms with Gasteiger partial charge < -0.3 is 10.5 Å². The van der Waals surface area contributed by atoms with E-state index < -0.39 is 10.0 Å². The largest absolute Gasteiger partial charge is 0.491 e. The Morgan fingerprint density at radius 3 is 2.35 bits per heavy atom. The van der Waals surface area contributed by atoms with Crippen LogP contribution >= 0.6 is 0 Å². The number of hydrogen-bond donors (Lipinski definition) is 2. The van der Waals surface area contributed by atoms with E-state index in [4.69, 9.17) is 10.5 Å². The SMILES string of the molecule is CC(C)Oc1ccc(S(=O)(=O)NC(CN)C2CC2)cc1. The van der Waals surface area contributed by atoms with Gasteiger partial charge in [0.15, 0.2) is 0 Å². The minimum absolute atomic E-state index is 0.0621. The molecule has 2 rings (SSSR count). The van der Waals surface area contributed by atoms with E-state index in [1.54, 1.807) is 24.3 Å². The lowest BCUT2D eigenvalue weighted by molar-refractivity contribution is 0.242. The highest BCUT2D eigenvalue weighted by atomic mass is 32.2. The molecule has 1 aromatic rings. The summed E-state index contributed by atoms with van der Waals surface area (Å²) >= 11 is 0. The van der Waals surface area contributed by atoms with Gasteiger partial charge in [-0.05, 0) is 56.9 Å². The Kier molecular flexibility index (Phi) is 4.67. The van der Waals surface area contributed by atoms with Crippen LogP contribution in [0.5, 0.6) is 5.75 Å². The van der Waals surface area contributed by atoms with E-state index in [2.05, 4.69) is 4.72 Å². The topological polar surface area (TPSA) is 81.4 Å². The van der Waals surface area contributed by atoms with Crippen molar-refractivity contribution in [1.29, 1.82) is 0 Å². The van der Waals surface area contributed by atoms with Crippen LogP contribution < -0.4 is 15.2 Å². The Morgan fingerprint density at radius 1 is 1.30 bits per heavy atom. The molecule has 0 spiro atoms. The van der Waals surface area contributed by atoms with E-state index >= 15 is 0 Å². The molecule has 0 saturated heterocycles. The average molecular weight is 298 g/mol. The molecule has 1 fully saturated rings. The van der Waals surface area contributed by atoms with Gasteiger partial charge in [-0.3, -0.25) is 0 Å². The predicted molar refractivity (Wildman–Crippen MR) is 78.1 cm³/mol. The van der Waals surface area contributed by atoms with Crippen LogP contribution in [0.1, 0.15) is 26.7 Å². The molecule has 0 bridgehead atoms. The van der Waals surface area contributed by atoms with Crippen LogP contribution in [0.2, 0.25) is 0 Å². The zero-order valence-electron chi connectivity index (χ0n) is 11.9. The van der Waals surface area contributed by atoms with Crippen molar-refractivity contribution in [2.24, 2.45) is 11.7 Å². The van der Waals surface area contributed by atoms with Crippen LogP contribution in [0.4, 0.5) is 0 Å². The van der Waals surface area contributed by atoms with E-state index in [9.17, 15) is 8.42 Å². The van der Waals surface area contributed by atoms with Gasteiger partial charge in [0.05, 0.1) is 11.0 Å². The number of hydrogen-bond acceptors (Lipinski definition) is 4. The standard InChI is InChI=1S/C14H22N2O3S/c1-10(2)19-12-5-7-13(8-6-12)20(17,18)16-14(9-15)11-3-4-11/h5-8,10-11,14,16H,3-4,9,15H2,1-2H3. The summed E-state index contributed by atoms with van der Waals surface area (Å²) in [5, 5.41) is 0. The van der Waals surface area contributed by atoms with E-state index in [1.807, 2.05) is 13.8 Å². The van der Waals surface area contributed by atoms with E-state index in [0.29, 0.717) is 18.2 Å². The molecule has 0 amide bonds. The van der Waals surface area contributed by atoms with Crippen molar-refractivity contribution in [3.63, 3.8) is 0 Å². The van der Waals surface area contributed by atoms with Crippen molar-refractivity contribution >= 4 is 10.0 Å². The molecule has 1 aliphatic rings. The van der Waals surface area contributed by atoms with Crippen molar-refractivity contribution in [2.45, 2.75) is 43.7 Å². The highest BCUT2D eigenvalue weighted by Gasteiger charge is 2.33. The maximum atomic E-state index is 12.3. The monoisotopic (exact) mass is 298 g/mol. The lowest BCUT2D eigenvalue weighted by atomic mass is 10.2. The maximum absolute atomic E-state index is 12.3. The van der Waals surface area contributed by atoms with Crippen molar-refractivity contribution < 1.29 is 13.2 Å². The number of rotatable bonds is 7. The fourth-order valence-corrected chi connectivity index (χ4v) is 3.39. The molecular formula is C14H22N2O3S. The molecule has 0 aromatic heterocycles. The van der Waals surface area contributed by atoms with Gasteiger partial charge in [-0.2, -0.15) is 0 Å². The predicted octanol–water partition coefficient (Wildman–Crippen LogP) is 1.49. The second-order valence-corrected chi connectivity index (χ2v) is 7.15. The highest BCUT2D eigenvalue weighted by molar-refractivity contribution is 7.89. The van der Waals surface area contributed by atoms with Gasteiger partial charge in [0, 0.05) is 12.6 Å². The molecule has 1 saturated carbocycles. The number of benzene rings is 1. The molecule has 112 valence electrons. The maximum Gasteiger partial charge on any atom is 0.240 e. The molecular weight excluding hydrogens is 276 g/mol. The fraction of sp³-hybridized carbons (Fsp3) is 0.571. The van der Waals surface area contributed by atoms with Gasteiger partial charge in [-0.15, -0.1) is 0 Å². The van der Waals surface area contributed by atoms with E-state index in [0.717, 1.165) is 12.8 Å². The Labute approximate surface area is 120 Å². The van der Waals surface area contributed by atoms with Crippen LogP contribution in [0.15, 0.2) is 29.2 Å². The van der Waals surface area contributed by atoms with Crippen LogP contribution in [-0.2, 0) is 10.0 Å². The second-order valence-electron chi connectivity index (χ2n) is 5.44. The number of nitrogens with two attached hydrogens (primary N) is 1. The van der Waals surface area contributed by atoms with Crippen LogP contribution in [0.25, 0.3) is 0 Å². The van der Waals surface area contributed by atoms with Gasteiger partial charge in [0.2, 0.25) is 10.0 Å². The highest BCUT2D eigenvalue weighted by Crippen LogP contribution is 2.33. The third-order valence-corrected chi connectivity index (χ3v) is 4.76. The summed E-state index contributed by atoms with van der Waals surface area (Å²) in [6.07, 6.45) is 2.16. The number of ether oxygens (including phenoxy) is 1. The first-order chi connectivity index (χ1) is 9.42. The Hall–Kier alpha value is -1.11. The van der Waals surface area contributed by atoms with Crippen LogP contribution in [0.3, 0.4) is 0 Å². The molecule has 20 heavy (non-hydrogen) atoms. The van der Waals surface area contributed by atoms with E-state index in [-0.39, 0.29) is 17.0 Å². The fourth-order valence-electron chi connectivity index (χ4n) is 2.07. The molecule has 0 heterocycles. The Bertz CT molecular complexity index is 536. The van der Waals surface area contributed by atoms with Gasteiger partial charge in [0.25, 0.3) is 0 Å². The zero-order chi connectivity index (χ0) is 14.8. The summed E-state index contributed by atoms with van der Waals surface area (Å²) in [5.41, 5.74) is 5.63. The molecule has 1 aromatic carbocycles. The minimum Gasteiger partial charge on any atom is -0.491 e. The summed E-state index contributed by atoms with van der Waals surface area (Å²) in [7, 11) is -3.51. The smallest absolute Gasteiger partial charge is 0.240 e. The molecule has 1 aliphatic carbocycles. The van der Waals surface area contributed by atoms with Crippen molar-refractivity contribution in [3.05, 3.63) is 24.3 Å².